The molecule has 1 N–H and O–H groups in total. The minimum Gasteiger partial charge on any atom is -0.325 e. The minimum absolute atomic E-state index is 0.0262. The summed E-state index contributed by atoms with van der Waals surface area (Å²) in [6, 6.07) is 27.9. The summed E-state index contributed by atoms with van der Waals surface area (Å²) in [5.74, 6) is 0.0426. The Morgan fingerprint density at radius 2 is 1.61 bits per heavy atom. The highest BCUT2D eigenvalue weighted by Crippen LogP contribution is 2.28. The van der Waals surface area contributed by atoms with Crippen LogP contribution in [0.2, 0.25) is 0 Å². The molecule has 0 bridgehead atoms. The summed E-state index contributed by atoms with van der Waals surface area (Å²) in [5, 5.41) is 2.99. The second kappa shape index (κ2) is 9.58. The summed E-state index contributed by atoms with van der Waals surface area (Å²) in [6.07, 6.45) is 1.46. The maximum absolute atomic E-state index is 12.9. The summed E-state index contributed by atoms with van der Waals surface area (Å²) in [7, 11) is 1.96. The molecule has 0 aliphatic carbocycles. The van der Waals surface area contributed by atoms with Crippen molar-refractivity contribution < 1.29 is 9.59 Å². The third kappa shape index (κ3) is 5.01. The molecule has 1 heterocycles. The van der Waals surface area contributed by atoms with Gasteiger partial charge >= 0.3 is 0 Å². The summed E-state index contributed by atoms with van der Waals surface area (Å²) in [6.45, 7) is 0.968. The van der Waals surface area contributed by atoms with Crippen LogP contribution in [0.25, 0.3) is 0 Å². The molecule has 2 amide bonds. The Labute approximate surface area is 183 Å². The quantitative estimate of drug-likeness (QED) is 0.622. The molecule has 0 aromatic heterocycles. The van der Waals surface area contributed by atoms with Gasteiger partial charge in [0.1, 0.15) is 0 Å². The van der Waals surface area contributed by atoms with Crippen molar-refractivity contribution in [1.29, 1.82) is 0 Å². The topological polar surface area (TPSA) is 52.7 Å². The van der Waals surface area contributed by atoms with E-state index in [1.165, 1.54) is 0 Å². The van der Waals surface area contributed by atoms with Crippen LogP contribution in [0.15, 0.2) is 84.9 Å². The van der Waals surface area contributed by atoms with Gasteiger partial charge in [-0.15, -0.1) is 0 Å². The molecule has 1 fully saturated rings. The molecule has 0 saturated carbocycles. The fourth-order valence-electron chi connectivity index (χ4n) is 4.16. The van der Waals surface area contributed by atoms with Crippen molar-refractivity contribution in [2.24, 2.45) is 0 Å². The largest absolute Gasteiger partial charge is 0.325 e. The molecular formula is C26H27N3O2. The van der Waals surface area contributed by atoms with Gasteiger partial charge in [-0.3, -0.25) is 14.5 Å². The van der Waals surface area contributed by atoms with Gasteiger partial charge in [-0.1, -0.05) is 66.7 Å². The number of nitrogens with zero attached hydrogens (tertiary/aromatic N) is 2. The van der Waals surface area contributed by atoms with Gasteiger partial charge in [0.15, 0.2) is 0 Å². The Balaban J connectivity index is 1.48. The predicted molar refractivity (Wildman–Crippen MR) is 124 cm³/mol. The smallest absolute Gasteiger partial charge is 0.238 e. The van der Waals surface area contributed by atoms with Crippen LogP contribution in [0.1, 0.15) is 30.0 Å². The van der Waals surface area contributed by atoms with Crippen molar-refractivity contribution in [3.63, 3.8) is 0 Å². The molecular weight excluding hydrogens is 386 g/mol. The lowest BCUT2D eigenvalue weighted by Gasteiger charge is -2.28. The molecule has 1 aliphatic rings. The average Bonchev–Trinajstić information content (AvgIpc) is 3.21. The Bertz CT molecular complexity index is 997. The number of benzene rings is 3. The molecule has 3 aromatic rings. The molecule has 5 nitrogen and oxygen atoms in total. The number of hydrogen-bond acceptors (Lipinski definition) is 3. The molecule has 1 saturated heterocycles. The van der Waals surface area contributed by atoms with Gasteiger partial charge in [0.05, 0.1) is 12.6 Å². The molecule has 0 atom stereocenters. The highest BCUT2D eigenvalue weighted by atomic mass is 16.2. The van der Waals surface area contributed by atoms with Crippen molar-refractivity contribution in [2.75, 3.05) is 30.4 Å². The first-order valence-electron chi connectivity index (χ1n) is 10.6. The second-order valence-corrected chi connectivity index (χ2v) is 7.89. The van der Waals surface area contributed by atoms with E-state index in [4.69, 9.17) is 0 Å². The van der Waals surface area contributed by atoms with Gasteiger partial charge in [0.25, 0.3) is 0 Å². The van der Waals surface area contributed by atoms with Crippen LogP contribution in [-0.4, -0.2) is 36.9 Å². The van der Waals surface area contributed by atoms with Gasteiger partial charge in [-0.25, -0.2) is 0 Å². The van der Waals surface area contributed by atoms with Crippen LogP contribution in [0.5, 0.6) is 0 Å². The van der Waals surface area contributed by atoms with Gasteiger partial charge in [0.2, 0.25) is 11.8 Å². The van der Waals surface area contributed by atoms with Crippen LogP contribution in [0, 0.1) is 0 Å². The first kappa shape index (κ1) is 20.8. The van der Waals surface area contributed by atoms with Crippen LogP contribution in [-0.2, 0) is 9.59 Å². The first-order chi connectivity index (χ1) is 15.1. The van der Waals surface area contributed by atoms with E-state index in [-0.39, 0.29) is 24.4 Å². The Kier molecular flexibility index (Phi) is 6.43. The van der Waals surface area contributed by atoms with Gasteiger partial charge < -0.3 is 10.2 Å². The normalized spacial score (nSPS) is 13.8. The maximum atomic E-state index is 12.9. The van der Waals surface area contributed by atoms with E-state index in [0.717, 1.165) is 29.8 Å². The standard InChI is InChI=1S/C26H27N3O2/c1-28(26(20-10-4-2-5-11-20)21-12-6-3-7-13-21)19-24(30)27-22-14-8-15-23(18-22)29-17-9-16-25(29)31/h2-8,10-15,18,26H,9,16-17,19H2,1H3,(H,27,30). The van der Waals surface area contributed by atoms with E-state index in [0.29, 0.717) is 12.1 Å². The Hall–Kier alpha value is -3.44. The van der Waals surface area contributed by atoms with E-state index in [1.54, 1.807) is 4.90 Å². The zero-order chi connectivity index (χ0) is 21.6. The zero-order valence-corrected chi connectivity index (χ0v) is 17.7. The fraction of sp³-hybridized carbons (Fsp3) is 0.231. The number of nitrogens with one attached hydrogen (secondary N) is 1. The number of carbonyl (C=O) groups excluding carboxylic acids is 2. The Morgan fingerprint density at radius 3 is 2.19 bits per heavy atom. The fourth-order valence-corrected chi connectivity index (χ4v) is 4.16. The first-order valence-corrected chi connectivity index (χ1v) is 10.6. The lowest BCUT2D eigenvalue weighted by Crippen LogP contribution is -2.34. The van der Waals surface area contributed by atoms with Crippen molar-refractivity contribution in [2.45, 2.75) is 18.9 Å². The van der Waals surface area contributed by atoms with E-state index in [2.05, 4.69) is 29.6 Å². The molecule has 31 heavy (non-hydrogen) atoms. The number of anilines is 2. The predicted octanol–water partition coefficient (Wildman–Crippen LogP) is 4.47. The molecule has 4 rings (SSSR count). The highest BCUT2D eigenvalue weighted by molar-refractivity contribution is 5.97. The van der Waals surface area contributed by atoms with Crippen molar-refractivity contribution >= 4 is 23.2 Å². The average molecular weight is 414 g/mol. The van der Waals surface area contributed by atoms with Gasteiger partial charge in [-0.05, 0) is 42.8 Å². The molecule has 5 heteroatoms. The second-order valence-electron chi connectivity index (χ2n) is 7.89. The van der Waals surface area contributed by atoms with E-state index >= 15 is 0 Å². The molecule has 3 aromatic carbocycles. The molecule has 0 unspecified atom stereocenters. The van der Waals surface area contributed by atoms with Crippen LogP contribution < -0.4 is 10.2 Å². The van der Waals surface area contributed by atoms with Crippen molar-refractivity contribution in [3.8, 4) is 0 Å². The number of hydrogen-bond donors (Lipinski definition) is 1. The summed E-state index contributed by atoms with van der Waals surface area (Å²) >= 11 is 0. The summed E-state index contributed by atoms with van der Waals surface area (Å²) in [4.78, 5) is 28.7. The monoisotopic (exact) mass is 413 g/mol. The van der Waals surface area contributed by atoms with E-state index in [1.807, 2.05) is 72.6 Å². The highest BCUT2D eigenvalue weighted by Gasteiger charge is 2.23. The van der Waals surface area contributed by atoms with Crippen molar-refractivity contribution in [3.05, 3.63) is 96.1 Å². The number of rotatable bonds is 7. The number of likely N-dealkylation sites (N-methyl/N-ethyl adjacent to an activating group) is 1. The molecule has 158 valence electrons. The lowest BCUT2D eigenvalue weighted by atomic mass is 9.97. The van der Waals surface area contributed by atoms with Gasteiger partial charge in [-0.2, -0.15) is 0 Å². The minimum atomic E-state index is -0.0933. The third-order valence-electron chi connectivity index (χ3n) is 5.58. The SMILES string of the molecule is CN(CC(=O)Nc1cccc(N2CCCC2=O)c1)C(c1ccccc1)c1ccccc1. The third-order valence-corrected chi connectivity index (χ3v) is 5.58. The van der Waals surface area contributed by atoms with Crippen molar-refractivity contribution in [1.82, 2.24) is 4.90 Å². The summed E-state index contributed by atoms with van der Waals surface area (Å²) in [5.41, 5.74) is 3.81. The van der Waals surface area contributed by atoms with E-state index < -0.39 is 0 Å². The zero-order valence-electron chi connectivity index (χ0n) is 17.7. The molecule has 1 aliphatic heterocycles. The molecule has 0 spiro atoms. The lowest BCUT2D eigenvalue weighted by molar-refractivity contribution is -0.118. The Morgan fingerprint density at radius 1 is 0.968 bits per heavy atom. The van der Waals surface area contributed by atoms with Crippen LogP contribution in [0.4, 0.5) is 11.4 Å². The van der Waals surface area contributed by atoms with Crippen LogP contribution in [0.3, 0.4) is 0 Å². The van der Waals surface area contributed by atoms with E-state index in [9.17, 15) is 9.59 Å². The van der Waals surface area contributed by atoms with Gasteiger partial charge in [0, 0.05) is 24.3 Å². The summed E-state index contributed by atoms with van der Waals surface area (Å²) < 4.78 is 0. The number of amides is 2. The molecule has 0 radical (unpaired) electrons. The maximum Gasteiger partial charge on any atom is 0.238 e. The van der Waals surface area contributed by atoms with Crippen LogP contribution >= 0.6 is 0 Å². The number of carbonyl (C=O) groups is 2.